The fraction of sp³-hybridized carbons (Fsp3) is 0.533. The summed E-state index contributed by atoms with van der Waals surface area (Å²) in [5.74, 6) is 0.0450. The van der Waals surface area contributed by atoms with Crippen LogP contribution >= 0.6 is 11.6 Å². The zero-order valence-electron chi connectivity index (χ0n) is 12.0. The van der Waals surface area contributed by atoms with Gasteiger partial charge in [-0.15, -0.1) is 0 Å². The van der Waals surface area contributed by atoms with Crippen LogP contribution in [0.4, 0.5) is 5.69 Å². The van der Waals surface area contributed by atoms with Crippen molar-refractivity contribution in [1.82, 2.24) is 4.90 Å². The summed E-state index contributed by atoms with van der Waals surface area (Å²) in [6.07, 6.45) is 3.95. The van der Waals surface area contributed by atoms with Crippen LogP contribution in [-0.2, 0) is 0 Å². The molecule has 3 N–H and O–H groups in total. The summed E-state index contributed by atoms with van der Waals surface area (Å²) >= 11 is 6.25. The maximum Gasteiger partial charge on any atom is 0.171 e. The zero-order chi connectivity index (χ0) is 14.8. The second-order valence-corrected chi connectivity index (χ2v) is 6.19. The van der Waals surface area contributed by atoms with E-state index in [0.717, 1.165) is 25.3 Å². The average Bonchev–Trinajstić information content (AvgIpc) is 2.53. The summed E-state index contributed by atoms with van der Waals surface area (Å²) in [4.78, 5) is 4.99. The van der Waals surface area contributed by atoms with Gasteiger partial charge in [-0.25, -0.2) is 0 Å². The summed E-state index contributed by atoms with van der Waals surface area (Å²) in [5, 5.41) is 12.3. The first kappa shape index (κ1) is 14.5. The number of fused-ring (bicyclic) bond motifs is 1. The molecular formula is C15H21ClN4O. The summed E-state index contributed by atoms with van der Waals surface area (Å²) in [7, 11) is 0. The fourth-order valence-electron chi connectivity index (χ4n) is 3.35. The highest BCUT2D eigenvalue weighted by Crippen LogP contribution is 2.28. The zero-order valence-corrected chi connectivity index (χ0v) is 12.8. The van der Waals surface area contributed by atoms with Gasteiger partial charge in [0, 0.05) is 36.9 Å². The largest absolute Gasteiger partial charge is 0.409 e. The minimum atomic E-state index is 0.0450. The van der Waals surface area contributed by atoms with Crippen molar-refractivity contribution in [1.29, 1.82) is 0 Å². The molecule has 1 aromatic rings. The molecular weight excluding hydrogens is 288 g/mol. The molecule has 0 amide bonds. The number of amidine groups is 1. The minimum absolute atomic E-state index is 0.0450. The van der Waals surface area contributed by atoms with Crippen molar-refractivity contribution in [3.8, 4) is 0 Å². The van der Waals surface area contributed by atoms with Gasteiger partial charge in [0.2, 0.25) is 0 Å². The molecule has 2 heterocycles. The SMILES string of the molecule is N/C(=N/O)c1ccc(N2CCN3CCCCC3C2)cc1Cl. The van der Waals surface area contributed by atoms with E-state index in [1.165, 1.54) is 25.8 Å². The first-order chi connectivity index (χ1) is 10.2. The Bertz CT molecular complexity index is 548. The highest BCUT2D eigenvalue weighted by molar-refractivity contribution is 6.34. The number of nitrogens with two attached hydrogens (primary N) is 1. The Hall–Kier alpha value is -1.46. The van der Waals surface area contributed by atoms with E-state index in [4.69, 9.17) is 22.5 Å². The van der Waals surface area contributed by atoms with Crippen molar-refractivity contribution in [2.45, 2.75) is 25.3 Å². The van der Waals surface area contributed by atoms with Gasteiger partial charge in [0.1, 0.15) is 0 Å². The molecule has 0 aliphatic carbocycles. The summed E-state index contributed by atoms with van der Waals surface area (Å²) < 4.78 is 0. The lowest BCUT2D eigenvalue weighted by molar-refractivity contribution is 0.133. The molecule has 2 fully saturated rings. The molecule has 114 valence electrons. The molecule has 1 atom stereocenters. The Labute approximate surface area is 130 Å². The van der Waals surface area contributed by atoms with Crippen LogP contribution in [0.3, 0.4) is 0 Å². The summed E-state index contributed by atoms with van der Waals surface area (Å²) in [6, 6.07) is 6.39. The number of hydrogen-bond acceptors (Lipinski definition) is 4. The number of nitrogens with zero attached hydrogens (tertiary/aromatic N) is 3. The van der Waals surface area contributed by atoms with Crippen molar-refractivity contribution in [2.24, 2.45) is 10.9 Å². The molecule has 21 heavy (non-hydrogen) atoms. The molecule has 1 unspecified atom stereocenters. The number of piperidine rings is 1. The number of oxime groups is 1. The maximum atomic E-state index is 8.75. The molecule has 0 spiro atoms. The highest BCUT2D eigenvalue weighted by atomic mass is 35.5. The topological polar surface area (TPSA) is 65.1 Å². The van der Waals surface area contributed by atoms with Gasteiger partial charge in [-0.05, 0) is 37.6 Å². The third-order valence-electron chi connectivity index (χ3n) is 4.54. The van der Waals surface area contributed by atoms with Crippen LogP contribution in [0.2, 0.25) is 5.02 Å². The summed E-state index contributed by atoms with van der Waals surface area (Å²) in [6.45, 7) is 4.43. The molecule has 0 saturated carbocycles. The van der Waals surface area contributed by atoms with Crippen LogP contribution in [0, 0.1) is 0 Å². The minimum Gasteiger partial charge on any atom is -0.409 e. The van der Waals surface area contributed by atoms with Gasteiger partial charge in [-0.1, -0.05) is 23.2 Å². The van der Waals surface area contributed by atoms with E-state index in [9.17, 15) is 0 Å². The monoisotopic (exact) mass is 308 g/mol. The Balaban J connectivity index is 1.76. The van der Waals surface area contributed by atoms with Crippen LogP contribution in [0.5, 0.6) is 0 Å². The lowest BCUT2D eigenvalue weighted by Crippen LogP contribution is -2.54. The third kappa shape index (κ3) is 2.94. The number of rotatable bonds is 2. The van der Waals surface area contributed by atoms with Gasteiger partial charge in [0.05, 0.1) is 5.02 Å². The Morgan fingerprint density at radius 3 is 2.90 bits per heavy atom. The normalized spacial score (nSPS) is 24.0. The quantitative estimate of drug-likeness (QED) is 0.380. The van der Waals surface area contributed by atoms with Crippen LogP contribution in [0.15, 0.2) is 23.4 Å². The predicted molar refractivity (Wildman–Crippen MR) is 85.4 cm³/mol. The van der Waals surface area contributed by atoms with Gasteiger partial charge in [0.15, 0.2) is 5.84 Å². The molecule has 6 heteroatoms. The van der Waals surface area contributed by atoms with Gasteiger partial charge < -0.3 is 15.8 Å². The van der Waals surface area contributed by atoms with Crippen molar-refractivity contribution in [2.75, 3.05) is 31.1 Å². The van der Waals surface area contributed by atoms with Crippen LogP contribution in [0.25, 0.3) is 0 Å². The smallest absolute Gasteiger partial charge is 0.171 e. The van der Waals surface area contributed by atoms with E-state index < -0.39 is 0 Å². The van der Waals surface area contributed by atoms with Gasteiger partial charge in [-0.2, -0.15) is 0 Å². The number of hydrogen-bond donors (Lipinski definition) is 2. The van der Waals surface area contributed by atoms with Crippen molar-refractivity contribution in [3.63, 3.8) is 0 Å². The van der Waals surface area contributed by atoms with E-state index in [0.29, 0.717) is 16.6 Å². The highest BCUT2D eigenvalue weighted by Gasteiger charge is 2.29. The number of halogens is 1. The average molecular weight is 309 g/mol. The molecule has 1 aromatic carbocycles. The lowest BCUT2D eigenvalue weighted by atomic mass is 9.99. The number of piperazine rings is 1. The molecule has 3 rings (SSSR count). The van der Waals surface area contributed by atoms with Crippen molar-refractivity contribution < 1.29 is 5.21 Å². The predicted octanol–water partition coefficient (Wildman–Crippen LogP) is 2.11. The van der Waals surface area contributed by atoms with E-state index in [1.807, 2.05) is 18.2 Å². The third-order valence-corrected chi connectivity index (χ3v) is 4.85. The fourth-order valence-corrected chi connectivity index (χ4v) is 3.62. The van der Waals surface area contributed by atoms with E-state index >= 15 is 0 Å². The molecule has 0 radical (unpaired) electrons. The van der Waals surface area contributed by atoms with Gasteiger partial charge in [0.25, 0.3) is 0 Å². The second-order valence-electron chi connectivity index (χ2n) is 5.78. The van der Waals surface area contributed by atoms with Gasteiger partial charge in [-0.3, -0.25) is 4.90 Å². The van der Waals surface area contributed by atoms with Gasteiger partial charge >= 0.3 is 0 Å². The van der Waals surface area contributed by atoms with E-state index in [1.54, 1.807) is 0 Å². The van der Waals surface area contributed by atoms with E-state index in [2.05, 4.69) is 15.0 Å². The van der Waals surface area contributed by atoms with E-state index in [-0.39, 0.29) is 5.84 Å². The lowest BCUT2D eigenvalue weighted by Gasteiger charge is -2.45. The maximum absolute atomic E-state index is 8.75. The number of benzene rings is 1. The number of anilines is 1. The van der Waals surface area contributed by atoms with Crippen molar-refractivity contribution >= 4 is 23.1 Å². The summed E-state index contributed by atoms with van der Waals surface area (Å²) in [5.41, 5.74) is 7.29. The molecule has 0 bridgehead atoms. The van der Waals surface area contributed by atoms with Crippen molar-refractivity contribution in [3.05, 3.63) is 28.8 Å². The standard InChI is InChI=1S/C15H21ClN4O/c16-14-9-11(4-5-13(14)15(17)18-21)20-8-7-19-6-2-1-3-12(19)10-20/h4-5,9,12,21H,1-3,6-8,10H2,(H2,17,18). The second kappa shape index (κ2) is 6.12. The molecule has 2 saturated heterocycles. The van der Waals surface area contributed by atoms with Crippen LogP contribution in [-0.4, -0.2) is 48.2 Å². The Morgan fingerprint density at radius 2 is 2.14 bits per heavy atom. The van der Waals surface area contributed by atoms with Crippen LogP contribution in [0.1, 0.15) is 24.8 Å². The molecule has 2 aliphatic rings. The first-order valence-corrected chi connectivity index (χ1v) is 7.83. The van der Waals surface area contributed by atoms with Crippen LogP contribution < -0.4 is 10.6 Å². The molecule has 0 aromatic heterocycles. The first-order valence-electron chi connectivity index (χ1n) is 7.45. The molecule has 2 aliphatic heterocycles. The molecule has 5 nitrogen and oxygen atoms in total. The Kier molecular flexibility index (Phi) is 4.22. The Morgan fingerprint density at radius 1 is 1.29 bits per heavy atom.